The van der Waals surface area contributed by atoms with E-state index in [9.17, 15) is 9.59 Å². The number of nitrogens with one attached hydrogen (secondary N) is 2. The summed E-state index contributed by atoms with van der Waals surface area (Å²) < 4.78 is 0. The fraction of sp³-hybridized carbons (Fsp3) is 0.143. The van der Waals surface area contributed by atoms with Crippen molar-refractivity contribution < 1.29 is 9.59 Å². The molecule has 3 aromatic rings. The molecule has 1 heterocycles. The Balaban J connectivity index is 1.43. The highest BCUT2D eigenvalue weighted by Crippen LogP contribution is 2.19. The molecule has 0 aliphatic carbocycles. The largest absolute Gasteiger partial charge is 0.354 e. The van der Waals surface area contributed by atoms with Crippen LogP contribution in [0.25, 0.3) is 11.1 Å². The van der Waals surface area contributed by atoms with E-state index in [-0.39, 0.29) is 11.8 Å². The molecule has 0 fully saturated rings. The van der Waals surface area contributed by atoms with Crippen molar-refractivity contribution in [3.8, 4) is 11.1 Å². The van der Waals surface area contributed by atoms with Crippen molar-refractivity contribution in [2.75, 3.05) is 13.1 Å². The van der Waals surface area contributed by atoms with Gasteiger partial charge in [0.2, 0.25) is 5.91 Å². The second-order valence-corrected chi connectivity index (χ2v) is 6.84. The standard InChI is InChI=1S/C21H20N2O2S/c24-20(15-19-7-4-14-26-19)22-12-13-23-21(25)18-10-8-17(9-11-18)16-5-2-1-3-6-16/h1-11,14H,12-13,15H2,(H,22,24)(H,23,25). The summed E-state index contributed by atoms with van der Waals surface area (Å²) >= 11 is 1.56. The van der Waals surface area contributed by atoms with Gasteiger partial charge in [0.1, 0.15) is 0 Å². The number of hydrogen-bond acceptors (Lipinski definition) is 3. The van der Waals surface area contributed by atoms with Crippen LogP contribution in [0, 0.1) is 0 Å². The molecule has 5 heteroatoms. The van der Waals surface area contributed by atoms with Gasteiger partial charge in [0.15, 0.2) is 0 Å². The van der Waals surface area contributed by atoms with Gasteiger partial charge in [0.25, 0.3) is 5.91 Å². The average molecular weight is 364 g/mol. The van der Waals surface area contributed by atoms with Crippen molar-refractivity contribution in [2.24, 2.45) is 0 Å². The van der Waals surface area contributed by atoms with Gasteiger partial charge in [-0.15, -0.1) is 11.3 Å². The van der Waals surface area contributed by atoms with Crippen molar-refractivity contribution >= 4 is 23.2 Å². The molecule has 0 unspecified atom stereocenters. The molecule has 4 nitrogen and oxygen atoms in total. The van der Waals surface area contributed by atoms with Crippen LogP contribution in [0.1, 0.15) is 15.2 Å². The van der Waals surface area contributed by atoms with Gasteiger partial charge < -0.3 is 10.6 Å². The maximum Gasteiger partial charge on any atom is 0.251 e. The molecule has 0 saturated heterocycles. The molecule has 0 saturated carbocycles. The summed E-state index contributed by atoms with van der Waals surface area (Å²) in [7, 11) is 0. The highest BCUT2D eigenvalue weighted by atomic mass is 32.1. The molecule has 2 amide bonds. The fourth-order valence-corrected chi connectivity index (χ4v) is 3.26. The Morgan fingerprint density at radius 2 is 1.46 bits per heavy atom. The van der Waals surface area contributed by atoms with Crippen LogP contribution in [-0.2, 0) is 11.2 Å². The van der Waals surface area contributed by atoms with Crippen LogP contribution in [0.15, 0.2) is 72.1 Å². The molecule has 1 aromatic heterocycles. The lowest BCUT2D eigenvalue weighted by atomic mass is 10.0. The Labute approximate surface area is 156 Å². The van der Waals surface area contributed by atoms with Crippen LogP contribution in [0.2, 0.25) is 0 Å². The van der Waals surface area contributed by atoms with E-state index < -0.39 is 0 Å². The molecule has 26 heavy (non-hydrogen) atoms. The van der Waals surface area contributed by atoms with Gasteiger partial charge in [-0.3, -0.25) is 9.59 Å². The number of benzene rings is 2. The molecular formula is C21H20N2O2S. The van der Waals surface area contributed by atoms with E-state index in [0.717, 1.165) is 16.0 Å². The van der Waals surface area contributed by atoms with Crippen molar-refractivity contribution in [2.45, 2.75) is 6.42 Å². The van der Waals surface area contributed by atoms with E-state index in [1.165, 1.54) is 0 Å². The van der Waals surface area contributed by atoms with Gasteiger partial charge in [0.05, 0.1) is 6.42 Å². The summed E-state index contributed by atoms with van der Waals surface area (Å²) in [6, 6.07) is 21.4. The van der Waals surface area contributed by atoms with Gasteiger partial charge >= 0.3 is 0 Å². The number of hydrogen-bond donors (Lipinski definition) is 2. The van der Waals surface area contributed by atoms with E-state index in [1.54, 1.807) is 11.3 Å². The SMILES string of the molecule is O=C(Cc1cccs1)NCCNC(=O)c1ccc(-c2ccccc2)cc1. The van der Waals surface area contributed by atoms with E-state index in [2.05, 4.69) is 10.6 Å². The molecule has 0 spiro atoms. The third kappa shape index (κ3) is 5.04. The number of rotatable bonds is 7. The van der Waals surface area contributed by atoms with Crippen LogP contribution < -0.4 is 10.6 Å². The first-order chi connectivity index (χ1) is 12.7. The molecule has 0 radical (unpaired) electrons. The van der Waals surface area contributed by atoms with Crippen LogP contribution in [-0.4, -0.2) is 24.9 Å². The zero-order valence-corrected chi connectivity index (χ0v) is 15.1. The lowest BCUT2D eigenvalue weighted by Gasteiger charge is -2.08. The second-order valence-electron chi connectivity index (χ2n) is 5.81. The van der Waals surface area contributed by atoms with Gasteiger partial charge in [-0.2, -0.15) is 0 Å². The fourth-order valence-electron chi connectivity index (χ4n) is 2.56. The Kier molecular flexibility index (Phi) is 6.17. The summed E-state index contributed by atoms with van der Waals surface area (Å²) in [5.74, 6) is -0.175. The predicted molar refractivity (Wildman–Crippen MR) is 105 cm³/mol. The molecule has 0 bridgehead atoms. The summed E-state index contributed by atoms with van der Waals surface area (Å²) in [4.78, 5) is 25.0. The average Bonchev–Trinajstić information content (AvgIpc) is 3.19. The zero-order chi connectivity index (χ0) is 18.2. The Morgan fingerprint density at radius 3 is 2.15 bits per heavy atom. The lowest BCUT2D eigenvalue weighted by Crippen LogP contribution is -2.35. The van der Waals surface area contributed by atoms with Gasteiger partial charge in [-0.25, -0.2) is 0 Å². The van der Waals surface area contributed by atoms with Gasteiger partial charge in [-0.1, -0.05) is 48.5 Å². The number of carbonyl (C=O) groups is 2. The van der Waals surface area contributed by atoms with E-state index in [1.807, 2.05) is 72.1 Å². The smallest absolute Gasteiger partial charge is 0.251 e. The van der Waals surface area contributed by atoms with E-state index in [4.69, 9.17) is 0 Å². The minimum Gasteiger partial charge on any atom is -0.354 e. The van der Waals surface area contributed by atoms with Crippen molar-refractivity contribution in [1.29, 1.82) is 0 Å². The summed E-state index contributed by atoms with van der Waals surface area (Å²) in [6.07, 6.45) is 0.382. The van der Waals surface area contributed by atoms with Crippen LogP contribution in [0.3, 0.4) is 0 Å². The first-order valence-electron chi connectivity index (χ1n) is 8.45. The van der Waals surface area contributed by atoms with Crippen molar-refractivity contribution in [3.05, 3.63) is 82.6 Å². The molecular weight excluding hydrogens is 344 g/mol. The lowest BCUT2D eigenvalue weighted by molar-refractivity contribution is -0.120. The summed E-state index contributed by atoms with van der Waals surface area (Å²) in [5, 5.41) is 7.58. The van der Waals surface area contributed by atoms with Crippen molar-refractivity contribution in [1.82, 2.24) is 10.6 Å². The first-order valence-corrected chi connectivity index (χ1v) is 9.33. The zero-order valence-electron chi connectivity index (χ0n) is 14.3. The summed E-state index contributed by atoms with van der Waals surface area (Å²) in [5.41, 5.74) is 2.80. The molecule has 132 valence electrons. The molecule has 0 aliphatic rings. The minimum absolute atomic E-state index is 0.0334. The summed E-state index contributed by atoms with van der Waals surface area (Å²) in [6.45, 7) is 0.813. The molecule has 3 rings (SSSR count). The molecule has 0 aliphatic heterocycles. The quantitative estimate of drug-likeness (QED) is 0.631. The normalized spacial score (nSPS) is 10.3. The van der Waals surface area contributed by atoms with Crippen LogP contribution >= 0.6 is 11.3 Å². The third-order valence-corrected chi connectivity index (χ3v) is 4.78. The highest BCUT2D eigenvalue weighted by Gasteiger charge is 2.07. The van der Waals surface area contributed by atoms with E-state index >= 15 is 0 Å². The molecule has 2 aromatic carbocycles. The van der Waals surface area contributed by atoms with Gasteiger partial charge in [-0.05, 0) is 34.7 Å². The Hall–Kier alpha value is -2.92. The third-order valence-electron chi connectivity index (χ3n) is 3.90. The maximum atomic E-state index is 12.2. The monoisotopic (exact) mass is 364 g/mol. The topological polar surface area (TPSA) is 58.2 Å². The number of thiophene rings is 1. The minimum atomic E-state index is -0.142. The second kappa shape index (κ2) is 8.97. The maximum absolute atomic E-state index is 12.2. The number of amides is 2. The predicted octanol–water partition coefficient (Wildman–Crippen LogP) is 3.50. The molecule has 0 atom stereocenters. The number of carbonyl (C=O) groups excluding carboxylic acids is 2. The van der Waals surface area contributed by atoms with Crippen molar-refractivity contribution in [3.63, 3.8) is 0 Å². The molecule has 2 N–H and O–H groups in total. The first kappa shape index (κ1) is 17.9. The van der Waals surface area contributed by atoms with E-state index in [0.29, 0.717) is 25.1 Å². The highest BCUT2D eigenvalue weighted by molar-refractivity contribution is 7.10. The Bertz CT molecular complexity index is 843. The van der Waals surface area contributed by atoms with Crippen LogP contribution in [0.5, 0.6) is 0 Å². The Morgan fingerprint density at radius 1 is 0.769 bits per heavy atom. The van der Waals surface area contributed by atoms with Gasteiger partial charge in [0, 0.05) is 23.5 Å². The van der Waals surface area contributed by atoms with Crippen LogP contribution in [0.4, 0.5) is 0 Å².